The van der Waals surface area contributed by atoms with Gasteiger partial charge in [-0.1, -0.05) is 0 Å². The van der Waals surface area contributed by atoms with Gasteiger partial charge in [0.25, 0.3) is 0 Å². The van der Waals surface area contributed by atoms with Gasteiger partial charge in [-0.25, -0.2) is 8.78 Å². The fourth-order valence-electron chi connectivity index (χ4n) is 3.42. The van der Waals surface area contributed by atoms with E-state index in [4.69, 9.17) is 0 Å². The van der Waals surface area contributed by atoms with Crippen molar-refractivity contribution in [3.05, 3.63) is 35.4 Å². The molecule has 1 N–H and O–H groups in total. The molecule has 4 heteroatoms. The Kier molecular flexibility index (Phi) is 4.55. The monoisotopic (exact) mass is 294 g/mol. The van der Waals surface area contributed by atoms with Crippen molar-refractivity contribution in [3.63, 3.8) is 0 Å². The second-order valence-corrected chi connectivity index (χ2v) is 6.48. The molecule has 1 saturated carbocycles. The van der Waals surface area contributed by atoms with E-state index in [0.29, 0.717) is 17.5 Å². The SMILES string of the molecule is CC(c1cc(F)ccc1F)N(CC1CCCNC1)C1CC1. The van der Waals surface area contributed by atoms with Crippen LogP contribution in [0.5, 0.6) is 0 Å². The van der Waals surface area contributed by atoms with Gasteiger partial charge in [0.2, 0.25) is 0 Å². The highest BCUT2D eigenvalue weighted by molar-refractivity contribution is 5.22. The van der Waals surface area contributed by atoms with Crippen LogP contribution < -0.4 is 5.32 Å². The topological polar surface area (TPSA) is 15.3 Å². The molecule has 2 fully saturated rings. The maximum Gasteiger partial charge on any atom is 0.128 e. The van der Waals surface area contributed by atoms with Crippen LogP contribution in [0.4, 0.5) is 8.78 Å². The molecule has 116 valence electrons. The largest absolute Gasteiger partial charge is 0.316 e. The Labute approximate surface area is 125 Å². The van der Waals surface area contributed by atoms with E-state index in [1.807, 2.05) is 6.92 Å². The van der Waals surface area contributed by atoms with Gasteiger partial charge >= 0.3 is 0 Å². The van der Waals surface area contributed by atoms with Gasteiger partial charge in [0.1, 0.15) is 11.6 Å². The summed E-state index contributed by atoms with van der Waals surface area (Å²) in [5.74, 6) is -0.0249. The summed E-state index contributed by atoms with van der Waals surface area (Å²) in [7, 11) is 0. The first-order valence-corrected chi connectivity index (χ1v) is 8.06. The molecule has 0 radical (unpaired) electrons. The third-order valence-electron chi connectivity index (χ3n) is 4.79. The van der Waals surface area contributed by atoms with Crippen molar-refractivity contribution in [1.29, 1.82) is 0 Å². The molecule has 21 heavy (non-hydrogen) atoms. The smallest absolute Gasteiger partial charge is 0.128 e. The van der Waals surface area contributed by atoms with E-state index in [9.17, 15) is 8.78 Å². The van der Waals surface area contributed by atoms with Crippen molar-refractivity contribution in [2.24, 2.45) is 5.92 Å². The molecule has 1 aromatic rings. The molecule has 2 atom stereocenters. The Balaban J connectivity index is 1.74. The van der Waals surface area contributed by atoms with Crippen molar-refractivity contribution in [2.75, 3.05) is 19.6 Å². The molecule has 0 amide bonds. The number of halogens is 2. The van der Waals surface area contributed by atoms with Gasteiger partial charge in [-0.05, 0) is 69.8 Å². The molecule has 0 bridgehead atoms. The van der Waals surface area contributed by atoms with Crippen molar-refractivity contribution in [3.8, 4) is 0 Å². The van der Waals surface area contributed by atoms with Gasteiger partial charge in [-0.2, -0.15) is 0 Å². The number of hydrogen-bond donors (Lipinski definition) is 1. The lowest BCUT2D eigenvalue weighted by Crippen LogP contribution is -2.40. The molecule has 1 aliphatic carbocycles. The summed E-state index contributed by atoms with van der Waals surface area (Å²) in [5.41, 5.74) is 0.491. The summed E-state index contributed by atoms with van der Waals surface area (Å²) < 4.78 is 27.5. The summed E-state index contributed by atoms with van der Waals surface area (Å²) in [6.45, 7) is 5.14. The average molecular weight is 294 g/mol. The van der Waals surface area contributed by atoms with Gasteiger partial charge < -0.3 is 5.32 Å². The third kappa shape index (κ3) is 3.61. The van der Waals surface area contributed by atoms with E-state index in [-0.39, 0.29) is 17.7 Å². The molecule has 0 spiro atoms. The first kappa shape index (κ1) is 14.9. The highest BCUT2D eigenvalue weighted by Gasteiger charge is 2.35. The van der Waals surface area contributed by atoms with E-state index >= 15 is 0 Å². The first-order valence-electron chi connectivity index (χ1n) is 8.06. The Morgan fingerprint density at radius 2 is 2.10 bits per heavy atom. The van der Waals surface area contributed by atoms with Gasteiger partial charge in [-0.3, -0.25) is 4.90 Å². The van der Waals surface area contributed by atoms with Crippen molar-refractivity contribution >= 4 is 0 Å². The van der Waals surface area contributed by atoms with Gasteiger partial charge in [0, 0.05) is 24.2 Å². The van der Waals surface area contributed by atoms with E-state index in [2.05, 4.69) is 10.2 Å². The molecular weight excluding hydrogens is 270 g/mol. The standard InChI is InChI=1S/C17H24F2N2/c1-12(16-9-14(18)4-7-17(16)19)21(15-5-6-15)11-13-3-2-8-20-10-13/h4,7,9,12-13,15,20H,2-3,5-6,8,10-11H2,1H3. The highest BCUT2D eigenvalue weighted by Crippen LogP contribution is 2.36. The van der Waals surface area contributed by atoms with Crippen LogP contribution in [-0.4, -0.2) is 30.6 Å². The minimum absolute atomic E-state index is 0.0601. The average Bonchev–Trinajstić information content (AvgIpc) is 3.32. The van der Waals surface area contributed by atoms with Gasteiger partial charge in [0.05, 0.1) is 0 Å². The van der Waals surface area contributed by atoms with Crippen molar-refractivity contribution in [2.45, 2.75) is 44.7 Å². The molecule has 0 aromatic heterocycles. The predicted octanol–water partition coefficient (Wildman–Crippen LogP) is 3.49. The minimum atomic E-state index is -0.353. The van der Waals surface area contributed by atoms with Crippen LogP contribution in [0.3, 0.4) is 0 Å². The number of nitrogens with zero attached hydrogens (tertiary/aromatic N) is 1. The second kappa shape index (κ2) is 6.41. The molecule has 2 unspecified atom stereocenters. The quantitative estimate of drug-likeness (QED) is 0.894. The van der Waals surface area contributed by atoms with Crippen LogP contribution in [0.15, 0.2) is 18.2 Å². The lowest BCUT2D eigenvalue weighted by molar-refractivity contribution is 0.151. The van der Waals surface area contributed by atoms with E-state index in [0.717, 1.165) is 19.6 Å². The third-order valence-corrected chi connectivity index (χ3v) is 4.79. The fourth-order valence-corrected chi connectivity index (χ4v) is 3.42. The van der Waals surface area contributed by atoms with E-state index in [1.165, 1.54) is 43.9 Å². The fraction of sp³-hybridized carbons (Fsp3) is 0.647. The number of rotatable bonds is 5. The molecular formula is C17H24F2N2. The lowest BCUT2D eigenvalue weighted by Gasteiger charge is -2.34. The van der Waals surface area contributed by atoms with Gasteiger partial charge in [0.15, 0.2) is 0 Å². The summed E-state index contributed by atoms with van der Waals surface area (Å²) in [4.78, 5) is 2.38. The van der Waals surface area contributed by atoms with Crippen LogP contribution in [0, 0.1) is 17.6 Å². The van der Waals surface area contributed by atoms with Crippen LogP contribution in [0.1, 0.15) is 44.2 Å². The highest BCUT2D eigenvalue weighted by atomic mass is 19.1. The van der Waals surface area contributed by atoms with Crippen LogP contribution >= 0.6 is 0 Å². The maximum atomic E-state index is 14.0. The predicted molar refractivity (Wildman–Crippen MR) is 80.1 cm³/mol. The minimum Gasteiger partial charge on any atom is -0.316 e. The Morgan fingerprint density at radius 3 is 2.76 bits per heavy atom. The van der Waals surface area contributed by atoms with E-state index < -0.39 is 0 Å². The lowest BCUT2D eigenvalue weighted by atomic mass is 9.97. The molecule has 3 rings (SSSR count). The van der Waals surface area contributed by atoms with Crippen molar-refractivity contribution < 1.29 is 8.78 Å². The van der Waals surface area contributed by atoms with E-state index in [1.54, 1.807) is 0 Å². The van der Waals surface area contributed by atoms with Crippen LogP contribution in [0.25, 0.3) is 0 Å². The molecule has 2 nitrogen and oxygen atoms in total. The van der Waals surface area contributed by atoms with Crippen LogP contribution in [0.2, 0.25) is 0 Å². The number of benzene rings is 1. The van der Waals surface area contributed by atoms with Crippen LogP contribution in [-0.2, 0) is 0 Å². The Morgan fingerprint density at radius 1 is 1.29 bits per heavy atom. The molecule has 2 aliphatic rings. The summed E-state index contributed by atoms with van der Waals surface area (Å²) >= 11 is 0. The number of piperidine rings is 1. The molecule has 1 heterocycles. The second-order valence-electron chi connectivity index (χ2n) is 6.48. The molecule has 1 saturated heterocycles. The number of nitrogens with one attached hydrogen (secondary N) is 1. The summed E-state index contributed by atoms with van der Waals surface area (Å²) in [5, 5.41) is 3.44. The normalized spacial score (nSPS) is 24.3. The zero-order chi connectivity index (χ0) is 14.8. The van der Waals surface area contributed by atoms with Crippen molar-refractivity contribution in [1.82, 2.24) is 10.2 Å². The molecule has 1 aliphatic heterocycles. The zero-order valence-electron chi connectivity index (χ0n) is 12.6. The number of hydrogen-bond acceptors (Lipinski definition) is 2. The molecule has 1 aromatic carbocycles. The Hall–Kier alpha value is -1.00. The summed E-state index contributed by atoms with van der Waals surface area (Å²) in [6, 6.07) is 4.28. The maximum absolute atomic E-state index is 14.0. The first-order chi connectivity index (χ1) is 10.1. The zero-order valence-corrected chi connectivity index (χ0v) is 12.6. The summed E-state index contributed by atoms with van der Waals surface area (Å²) in [6.07, 6.45) is 4.81. The van der Waals surface area contributed by atoms with Gasteiger partial charge in [-0.15, -0.1) is 0 Å². The Bertz CT molecular complexity index is 482.